The third-order valence-corrected chi connectivity index (χ3v) is 1.74. The van der Waals surface area contributed by atoms with Gasteiger partial charge >= 0.3 is 0 Å². The van der Waals surface area contributed by atoms with Crippen LogP contribution in [-0.2, 0) is 6.54 Å². The number of pyridine rings is 1. The number of nitrogens with one attached hydrogen (secondary N) is 1. The summed E-state index contributed by atoms with van der Waals surface area (Å²) >= 11 is 0. The maximum atomic E-state index is 12.4. The predicted octanol–water partition coefficient (Wildman–Crippen LogP) is 0.679. The Morgan fingerprint density at radius 1 is 1.60 bits per heavy atom. The van der Waals surface area contributed by atoms with E-state index in [-0.39, 0.29) is 12.1 Å². The van der Waals surface area contributed by atoms with E-state index >= 15 is 0 Å². The second kappa shape index (κ2) is 4.13. The zero-order valence-electron chi connectivity index (χ0n) is 7.37. The first-order valence-electron chi connectivity index (χ1n) is 3.86. The molecule has 1 aromatic rings. The molecule has 0 saturated heterocycles. The van der Waals surface area contributed by atoms with Gasteiger partial charge in [-0.2, -0.15) is 0 Å². The van der Waals surface area contributed by atoms with Crippen LogP contribution in [0.5, 0.6) is 0 Å². The van der Waals surface area contributed by atoms with Gasteiger partial charge < -0.3 is 10.7 Å². The highest BCUT2D eigenvalue weighted by Crippen LogP contribution is 2.28. The van der Waals surface area contributed by atoms with Crippen LogP contribution >= 0.6 is 0 Å². The van der Waals surface area contributed by atoms with Gasteiger partial charge in [0.25, 0.3) is 12.1 Å². The minimum atomic E-state index is -3.12. The van der Waals surface area contributed by atoms with Crippen molar-refractivity contribution in [2.24, 2.45) is 5.73 Å². The normalized spacial score (nSPS) is 10.7. The van der Waals surface area contributed by atoms with Crippen molar-refractivity contribution in [3.63, 3.8) is 0 Å². The fourth-order valence-corrected chi connectivity index (χ4v) is 1.16. The van der Waals surface area contributed by atoms with Gasteiger partial charge in [-0.1, -0.05) is 0 Å². The van der Waals surface area contributed by atoms with Crippen molar-refractivity contribution in [3.8, 4) is 0 Å². The lowest BCUT2D eigenvalue weighted by atomic mass is 10.2. The molecule has 0 bridgehead atoms. The predicted molar refractivity (Wildman–Crippen MR) is 46.6 cm³/mol. The van der Waals surface area contributed by atoms with E-state index in [1.807, 2.05) is 0 Å². The Bertz CT molecular complexity index is 444. The first-order valence-corrected chi connectivity index (χ1v) is 3.86. The molecule has 1 rings (SSSR count). The van der Waals surface area contributed by atoms with Crippen molar-refractivity contribution in [3.05, 3.63) is 37.8 Å². The molecule has 15 heavy (non-hydrogen) atoms. The van der Waals surface area contributed by atoms with Crippen LogP contribution in [0.15, 0.2) is 10.9 Å². The molecule has 0 saturated carbocycles. The Labute approximate surface area is 81.9 Å². The number of hydrogen-bond acceptors (Lipinski definition) is 4. The molecule has 0 aromatic carbocycles. The number of nitrogens with two attached hydrogens (primary N) is 1. The molecule has 0 unspecified atom stereocenters. The Kier molecular flexibility index (Phi) is 3.10. The molecule has 1 aromatic heterocycles. The van der Waals surface area contributed by atoms with E-state index in [0.717, 1.165) is 6.07 Å². The zero-order valence-corrected chi connectivity index (χ0v) is 7.37. The molecule has 0 amide bonds. The van der Waals surface area contributed by atoms with E-state index in [0.29, 0.717) is 0 Å². The second-order valence-electron chi connectivity index (χ2n) is 2.68. The fourth-order valence-electron chi connectivity index (χ4n) is 1.16. The quantitative estimate of drug-likeness (QED) is 0.576. The van der Waals surface area contributed by atoms with Gasteiger partial charge in [0.05, 0.1) is 10.5 Å². The minimum Gasteiger partial charge on any atom is -0.326 e. The molecule has 8 heteroatoms. The van der Waals surface area contributed by atoms with Crippen molar-refractivity contribution >= 4 is 5.69 Å². The number of alkyl halides is 2. The average molecular weight is 219 g/mol. The maximum Gasteiger partial charge on any atom is 0.299 e. The summed E-state index contributed by atoms with van der Waals surface area (Å²) in [6, 6.07) is 0.837. The van der Waals surface area contributed by atoms with E-state index in [1.54, 1.807) is 4.98 Å². The number of rotatable bonds is 3. The molecule has 0 atom stereocenters. The molecular formula is C7H7F2N3O3. The summed E-state index contributed by atoms with van der Waals surface area (Å²) in [5, 5.41) is 10.5. The summed E-state index contributed by atoms with van der Waals surface area (Å²) in [5.74, 6) is 0. The van der Waals surface area contributed by atoms with Crippen LogP contribution in [0.25, 0.3) is 0 Å². The number of aromatic amines is 1. The van der Waals surface area contributed by atoms with Crippen LogP contribution in [-0.4, -0.2) is 9.91 Å². The molecule has 0 radical (unpaired) electrons. The molecule has 0 fully saturated rings. The van der Waals surface area contributed by atoms with Crippen LogP contribution in [0.2, 0.25) is 0 Å². The van der Waals surface area contributed by atoms with Crippen LogP contribution in [0.4, 0.5) is 14.5 Å². The third kappa shape index (κ3) is 2.15. The van der Waals surface area contributed by atoms with Gasteiger partial charge in [0, 0.05) is 12.6 Å². The molecule has 0 spiro atoms. The summed E-state index contributed by atoms with van der Waals surface area (Å²) in [6.45, 7) is -0.347. The second-order valence-corrected chi connectivity index (χ2v) is 2.68. The molecule has 0 aliphatic carbocycles. The highest BCUT2D eigenvalue weighted by Gasteiger charge is 2.26. The standard InChI is InChI=1S/C7H7F2N3O3/c8-7(9)5-6(12(14)15)3(2-10)1-4(13)11-5/h1,7H,2,10H2,(H,11,13). The van der Waals surface area contributed by atoms with Gasteiger partial charge in [-0.3, -0.25) is 14.9 Å². The van der Waals surface area contributed by atoms with Gasteiger partial charge in [-0.05, 0) is 0 Å². The van der Waals surface area contributed by atoms with Crippen molar-refractivity contribution < 1.29 is 13.7 Å². The summed E-state index contributed by atoms with van der Waals surface area (Å²) < 4.78 is 24.7. The van der Waals surface area contributed by atoms with E-state index in [4.69, 9.17) is 5.73 Å². The summed E-state index contributed by atoms with van der Waals surface area (Å²) in [7, 11) is 0. The SMILES string of the molecule is NCc1cc(=O)[nH]c(C(F)F)c1[N+](=O)[O-]. The summed E-state index contributed by atoms with van der Waals surface area (Å²) in [6.07, 6.45) is -3.12. The molecule has 1 heterocycles. The third-order valence-electron chi connectivity index (χ3n) is 1.74. The molecular weight excluding hydrogens is 212 g/mol. The van der Waals surface area contributed by atoms with Crippen LogP contribution < -0.4 is 11.3 Å². The van der Waals surface area contributed by atoms with Gasteiger partial charge in [0.2, 0.25) is 5.56 Å². The number of halogens is 2. The smallest absolute Gasteiger partial charge is 0.299 e. The Morgan fingerprint density at radius 2 is 2.20 bits per heavy atom. The first kappa shape index (κ1) is 11.2. The lowest BCUT2D eigenvalue weighted by Gasteiger charge is -2.04. The molecule has 82 valence electrons. The van der Waals surface area contributed by atoms with Crippen molar-refractivity contribution in [2.75, 3.05) is 0 Å². The van der Waals surface area contributed by atoms with Crippen LogP contribution in [0.1, 0.15) is 17.7 Å². The fraction of sp³-hybridized carbons (Fsp3) is 0.286. The van der Waals surface area contributed by atoms with E-state index in [9.17, 15) is 23.7 Å². The van der Waals surface area contributed by atoms with Crippen LogP contribution in [0, 0.1) is 10.1 Å². The van der Waals surface area contributed by atoms with Crippen molar-refractivity contribution in [1.29, 1.82) is 0 Å². The van der Waals surface area contributed by atoms with Gasteiger partial charge in [0.1, 0.15) is 0 Å². The van der Waals surface area contributed by atoms with Gasteiger partial charge in [0.15, 0.2) is 5.69 Å². The largest absolute Gasteiger partial charge is 0.326 e. The molecule has 0 aliphatic heterocycles. The van der Waals surface area contributed by atoms with Crippen LogP contribution in [0.3, 0.4) is 0 Å². The highest BCUT2D eigenvalue weighted by molar-refractivity contribution is 5.44. The number of nitro groups is 1. The molecule has 3 N–H and O–H groups in total. The Balaban J connectivity index is 3.54. The highest BCUT2D eigenvalue weighted by atomic mass is 19.3. The zero-order chi connectivity index (χ0) is 11.6. The lowest BCUT2D eigenvalue weighted by molar-refractivity contribution is -0.387. The number of nitrogens with zero attached hydrogens (tertiary/aromatic N) is 1. The number of hydrogen-bond donors (Lipinski definition) is 2. The maximum absolute atomic E-state index is 12.4. The monoisotopic (exact) mass is 219 g/mol. The summed E-state index contributed by atoms with van der Waals surface area (Å²) in [5.41, 5.74) is 2.25. The number of aromatic nitrogens is 1. The Hall–Kier alpha value is -1.83. The van der Waals surface area contributed by atoms with E-state index in [1.165, 1.54) is 0 Å². The average Bonchev–Trinajstić information content (AvgIpc) is 2.15. The van der Waals surface area contributed by atoms with E-state index in [2.05, 4.69) is 0 Å². The van der Waals surface area contributed by atoms with Gasteiger partial charge in [-0.15, -0.1) is 0 Å². The number of H-pyrrole nitrogens is 1. The van der Waals surface area contributed by atoms with Crippen molar-refractivity contribution in [2.45, 2.75) is 13.0 Å². The molecule has 6 nitrogen and oxygen atoms in total. The topological polar surface area (TPSA) is 102 Å². The first-order chi connectivity index (χ1) is 6.97. The summed E-state index contributed by atoms with van der Waals surface area (Å²) in [4.78, 5) is 22.1. The molecule has 0 aliphatic rings. The van der Waals surface area contributed by atoms with Crippen molar-refractivity contribution in [1.82, 2.24) is 4.98 Å². The lowest BCUT2D eigenvalue weighted by Crippen LogP contribution is -2.15. The van der Waals surface area contributed by atoms with E-state index < -0.39 is 28.3 Å². The minimum absolute atomic E-state index is 0.209. The van der Waals surface area contributed by atoms with Gasteiger partial charge in [-0.25, -0.2) is 8.78 Å². The Morgan fingerprint density at radius 3 is 2.60 bits per heavy atom.